The Labute approximate surface area is 88.7 Å². The van der Waals surface area contributed by atoms with Crippen LogP contribution >= 0.6 is 0 Å². The highest BCUT2D eigenvalue weighted by atomic mass is 28.2. The molecule has 0 aromatic heterocycles. The Morgan fingerprint density at radius 3 is 2.71 bits per heavy atom. The highest BCUT2D eigenvalue weighted by molar-refractivity contribution is 6.47. The molecule has 0 aliphatic rings. The van der Waals surface area contributed by atoms with Crippen molar-refractivity contribution in [3.05, 3.63) is 36.4 Å². The second kappa shape index (κ2) is 5.13. The van der Waals surface area contributed by atoms with Crippen molar-refractivity contribution < 1.29 is 4.43 Å². The molecule has 1 nitrogen and oxygen atoms in total. The van der Waals surface area contributed by atoms with Crippen LogP contribution in [0.25, 0.3) is 5.57 Å². The number of rotatable bonds is 4. The Hall–Kier alpha value is -0.863. The summed E-state index contributed by atoms with van der Waals surface area (Å²) in [6, 6.07) is 8.50. The van der Waals surface area contributed by atoms with Crippen molar-refractivity contribution in [3.63, 3.8) is 0 Å². The van der Waals surface area contributed by atoms with Crippen molar-refractivity contribution in [2.45, 2.75) is 26.9 Å². The maximum absolute atomic E-state index is 5.67. The van der Waals surface area contributed by atoms with Gasteiger partial charge in [0.2, 0.25) is 0 Å². The molecule has 14 heavy (non-hydrogen) atoms. The lowest BCUT2D eigenvalue weighted by Crippen LogP contribution is -2.21. The lowest BCUT2D eigenvalue weighted by Gasteiger charge is -2.08. The highest BCUT2D eigenvalue weighted by Gasteiger charge is 1.99. The molecule has 0 saturated carbocycles. The minimum Gasteiger partial charge on any atom is -0.416 e. The average molecular weight is 206 g/mol. The summed E-state index contributed by atoms with van der Waals surface area (Å²) in [6.07, 6.45) is 0.343. The molecule has 0 bridgehead atoms. The maximum Gasteiger partial charge on any atom is 0.192 e. The van der Waals surface area contributed by atoms with Gasteiger partial charge in [0, 0.05) is 6.10 Å². The quantitative estimate of drug-likeness (QED) is 0.683. The predicted molar refractivity (Wildman–Crippen MR) is 65.5 cm³/mol. The Morgan fingerprint density at radius 1 is 1.43 bits per heavy atom. The molecule has 1 aromatic carbocycles. The topological polar surface area (TPSA) is 9.23 Å². The first kappa shape index (κ1) is 11.2. The van der Waals surface area contributed by atoms with Gasteiger partial charge in [0.05, 0.1) is 0 Å². The zero-order chi connectivity index (χ0) is 10.6. The first-order valence-corrected chi connectivity index (χ1v) is 6.24. The van der Waals surface area contributed by atoms with Crippen LogP contribution in [0, 0.1) is 0 Å². The van der Waals surface area contributed by atoms with Crippen molar-refractivity contribution in [1.82, 2.24) is 0 Å². The van der Waals surface area contributed by atoms with E-state index < -0.39 is 9.76 Å². The van der Waals surface area contributed by atoms with Gasteiger partial charge in [0.25, 0.3) is 0 Å². The monoisotopic (exact) mass is 206 g/mol. The molecule has 2 heteroatoms. The fraction of sp³-hybridized carbons (Fsp3) is 0.333. The Kier molecular flexibility index (Phi) is 4.11. The van der Waals surface area contributed by atoms with Gasteiger partial charge in [0.15, 0.2) is 9.76 Å². The number of hydrogen-bond donors (Lipinski definition) is 0. The summed E-state index contributed by atoms with van der Waals surface area (Å²) < 4.78 is 5.67. The van der Waals surface area contributed by atoms with E-state index in [9.17, 15) is 0 Å². The van der Waals surface area contributed by atoms with Crippen LogP contribution in [0.5, 0.6) is 0 Å². The molecule has 0 fully saturated rings. The molecular weight excluding hydrogens is 188 g/mol. The number of allylic oxidation sites excluding steroid dienone is 1. The Balaban J connectivity index is 2.69. The van der Waals surface area contributed by atoms with Gasteiger partial charge in [-0.1, -0.05) is 36.4 Å². The molecule has 0 heterocycles. The van der Waals surface area contributed by atoms with Crippen molar-refractivity contribution in [2.75, 3.05) is 0 Å². The van der Waals surface area contributed by atoms with Gasteiger partial charge in [0.1, 0.15) is 0 Å². The second-order valence-corrected chi connectivity index (χ2v) is 5.28. The van der Waals surface area contributed by atoms with E-state index in [2.05, 4.69) is 44.7 Å². The first-order valence-electron chi connectivity index (χ1n) is 4.96. The minimum atomic E-state index is -0.553. The van der Waals surface area contributed by atoms with Crippen LogP contribution in [0.1, 0.15) is 26.3 Å². The van der Waals surface area contributed by atoms with E-state index >= 15 is 0 Å². The van der Waals surface area contributed by atoms with Gasteiger partial charge in [-0.05, 0) is 31.5 Å². The van der Waals surface area contributed by atoms with E-state index in [1.54, 1.807) is 0 Å². The Bertz CT molecular complexity index is 318. The van der Waals surface area contributed by atoms with Crippen LogP contribution in [-0.2, 0) is 4.43 Å². The molecule has 0 atom stereocenters. The van der Waals surface area contributed by atoms with E-state index in [-0.39, 0.29) is 0 Å². The smallest absolute Gasteiger partial charge is 0.192 e. The Morgan fingerprint density at radius 2 is 2.14 bits per heavy atom. The molecule has 0 aliphatic heterocycles. The summed E-state index contributed by atoms with van der Waals surface area (Å²) in [4.78, 5) is 0. The third kappa shape index (κ3) is 3.48. The summed E-state index contributed by atoms with van der Waals surface area (Å²) in [5.41, 5.74) is 2.34. The molecule has 0 spiro atoms. The third-order valence-corrected chi connectivity index (χ3v) is 3.61. The van der Waals surface area contributed by atoms with Gasteiger partial charge in [-0.15, -0.1) is 0 Å². The molecule has 0 saturated heterocycles. The minimum absolute atomic E-state index is 0.343. The van der Waals surface area contributed by atoms with Crippen LogP contribution in [0.4, 0.5) is 0 Å². The van der Waals surface area contributed by atoms with Crippen LogP contribution in [-0.4, -0.2) is 15.9 Å². The lowest BCUT2D eigenvalue weighted by molar-refractivity contribution is 0.260. The van der Waals surface area contributed by atoms with Crippen LogP contribution < -0.4 is 5.19 Å². The fourth-order valence-electron chi connectivity index (χ4n) is 1.19. The van der Waals surface area contributed by atoms with Crippen LogP contribution in [0.3, 0.4) is 0 Å². The standard InChI is InChI=1S/C12H18OSi/c1-9(2)11-6-5-7-12(8-11)14-13-10(3)4/h5-8,10H,1,14H2,2-4H3. The van der Waals surface area contributed by atoms with Crippen LogP contribution in [0.2, 0.25) is 0 Å². The molecule has 76 valence electrons. The third-order valence-electron chi connectivity index (χ3n) is 2.00. The highest BCUT2D eigenvalue weighted by Crippen LogP contribution is 2.08. The SMILES string of the molecule is C=C(C)c1cccc([SiH2]OC(C)C)c1. The predicted octanol–water partition coefficient (Wildman–Crippen LogP) is 1.85. The van der Waals surface area contributed by atoms with E-state index in [1.807, 2.05) is 6.92 Å². The molecule has 0 N–H and O–H groups in total. The van der Waals surface area contributed by atoms with Crippen molar-refractivity contribution in [2.24, 2.45) is 0 Å². The van der Waals surface area contributed by atoms with E-state index in [4.69, 9.17) is 4.43 Å². The lowest BCUT2D eigenvalue weighted by atomic mass is 10.1. The largest absolute Gasteiger partial charge is 0.416 e. The van der Waals surface area contributed by atoms with Gasteiger partial charge in [-0.25, -0.2) is 0 Å². The number of hydrogen-bond acceptors (Lipinski definition) is 1. The van der Waals surface area contributed by atoms with Crippen molar-refractivity contribution >= 4 is 20.5 Å². The average Bonchev–Trinajstić information content (AvgIpc) is 2.15. The zero-order valence-electron chi connectivity index (χ0n) is 9.21. The summed E-state index contributed by atoms with van der Waals surface area (Å²) in [7, 11) is -0.553. The normalized spacial score (nSPS) is 11.4. The molecule has 1 aromatic rings. The molecule has 1 rings (SSSR count). The molecule has 0 aliphatic carbocycles. The van der Waals surface area contributed by atoms with E-state index in [0.717, 1.165) is 5.57 Å². The summed E-state index contributed by atoms with van der Waals surface area (Å²) in [5, 5.41) is 1.35. The van der Waals surface area contributed by atoms with Crippen LogP contribution in [0.15, 0.2) is 30.8 Å². The summed E-state index contributed by atoms with van der Waals surface area (Å²) >= 11 is 0. The molecule has 0 unspecified atom stereocenters. The maximum atomic E-state index is 5.67. The van der Waals surface area contributed by atoms with Crippen molar-refractivity contribution in [3.8, 4) is 0 Å². The first-order chi connectivity index (χ1) is 6.59. The number of benzene rings is 1. The fourth-order valence-corrected chi connectivity index (χ4v) is 2.25. The van der Waals surface area contributed by atoms with Gasteiger partial charge < -0.3 is 4.43 Å². The zero-order valence-corrected chi connectivity index (χ0v) is 10.6. The van der Waals surface area contributed by atoms with E-state index in [1.165, 1.54) is 10.8 Å². The summed E-state index contributed by atoms with van der Waals surface area (Å²) in [6.45, 7) is 10.1. The summed E-state index contributed by atoms with van der Waals surface area (Å²) in [5.74, 6) is 0. The second-order valence-electron chi connectivity index (χ2n) is 3.84. The van der Waals surface area contributed by atoms with Crippen molar-refractivity contribution in [1.29, 1.82) is 0 Å². The van der Waals surface area contributed by atoms with Gasteiger partial charge >= 0.3 is 0 Å². The molecule has 0 radical (unpaired) electrons. The van der Waals surface area contributed by atoms with E-state index in [0.29, 0.717) is 6.10 Å². The van der Waals surface area contributed by atoms with Gasteiger partial charge in [-0.3, -0.25) is 0 Å². The molecule has 0 amide bonds. The van der Waals surface area contributed by atoms with Gasteiger partial charge in [-0.2, -0.15) is 0 Å². The molecular formula is C12H18OSi.